The third kappa shape index (κ3) is 7.69. The molecule has 0 heterocycles. The van der Waals surface area contributed by atoms with Gasteiger partial charge < -0.3 is 19.3 Å². The summed E-state index contributed by atoms with van der Waals surface area (Å²) in [6.07, 6.45) is 0. The Morgan fingerprint density at radius 2 is 1.35 bits per heavy atom. The number of carbonyl (C=O) groups excluding carboxylic acids is 2. The molecule has 0 aliphatic heterocycles. The Kier molecular flexibility index (Phi) is 10.0. The van der Waals surface area contributed by atoms with E-state index in [1.165, 1.54) is 26.4 Å². The molecule has 0 aromatic heterocycles. The molecule has 8 heteroatoms. The molecule has 0 fully saturated rings. The van der Waals surface area contributed by atoms with Crippen molar-refractivity contribution in [3.8, 4) is 11.5 Å². The predicted molar refractivity (Wildman–Crippen MR) is 133 cm³/mol. The molecule has 3 aromatic carbocycles. The van der Waals surface area contributed by atoms with Crippen LogP contribution in [0.5, 0.6) is 11.5 Å². The van der Waals surface area contributed by atoms with E-state index in [-0.39, 0.29) is 17.3 Å². The number of rotatable bonds is 5. The lowest BCUT2D eigenvalue weighted by Crippen LogP contribution is -2.06. The van der Waals surface area contributed by atoms with Crippen molar-refractivity contribution in [2.75, 3.05) is 14.2 Å². The molecule has 1 N–H and O–H groups in total. The van der Waals surface area contributed by atoms with Crippen molar-refractivity contribution in [1.29, 1.82) is 0 Å². The molecule has 0 atom stereocenters. The van der Waals surface area contributed by atoms with Gasteiger partial charge in [0.25, 0.3) is 0 Å². The van der Waals surface area contributed by atoms with Crippen molar-refractivity contribution in [3.05, 3.63) is 90.6 Å². The summed E-state index contributed by atoms with van der Waals surface area (Å²) in [5.74, 6) is -0.417. The fraction of sp³-hybridized carbons (Fsp3) is 0.130. The molecule has 0 aliphatic rings. The number of phenolic OH excluding ortho intramolecular Hbond substituents is 1. The van der Waals surface area contributed by atoms with Crippen molar-refractivity contribution < 1.29 is 28.9 Å². The second-order valence-electron chi connectivity index (χ2n) is 6.06. The van der Waals surface area contributed by atoms with Crippen molar-refractivity contribution in [3.63, 3.8) is 0 Å². The number of ether oxygens (including phenoxy) is 3. The second kappa shape index (κ2) is 12.5. The van der Waals surface area contributed by atoms with Gasteiger partial charge in [-0.2, -0.15) is 0 Å². The maximum atomic E-state index is 11.7. The van der Waals surface area contributed by atoms with Crippen molar-refractivity contribution >= 4 is 57.1 Å². The van der Waals surface area contributed by atoms with E-state index < -0.39 is 5.97 Å². The Morgan fingerprint density at radius 1 is 0.806 bits per heavy atom. The summed E-state index contributed by atoms with van der Waals surface area (Å²) in [5.41, 5.74) is 1.69. The molecular weight excluding hydrogens is 626 g/mol. The van der Waals surface area contributed by atoms with Crippen LogP contribution in [0.25, 0.3) is 0 Å². The summed E-state index contributed by atoms with van der Waals surface area (Å²) in [6, 6.07) is 20.0. The fourth-order valence-corrected chi connectivity index (χ4v) is 3.35. The lowest BCUT2D eigenvalue weighted by atomic mass is 10.2. The first-order valence-electron chi connectivity index (χ1n) is 8.97. The van der Waals surface area contributed by atoms with Crippen LogP contribution in [0.2, 0.25) is 0 Å². The van der Waals surface area contributed by atoms with Crippen molar-refractivity contribution in [2.24, 2.45) is 0 Å². The van der Waals surface area contributed by atoms with Crippen LogP contribution >= 0.6 is 45.2 Å². The quantitative estimate of drug-likeness (QED) is 0.294. The van der Waals surface area contributed by atoms with Gasteiger partial charge in [0.15, 0.2) is 0 Å². The highest BCUT2D eigenvalue weighted by Gasteiger charge is 2.13. The van der Waals surface area contributed by atoms with Crippen LogP contribution in [0.15, 0.2) is 66.7 Å². The van der Waals surface area contributed by atoms with Crippen LogP contribution in [-0.2, 0) is 16.1 Å². The van der Waals surface area contributed by atoms with Crippen LogP contribution < -0.4 is 4.74 Å². The van der Waals surface area contributed by atoms with E-state index >= 15 is 0 Å². The van der Waals surface area contributed by atoms with E-state index in [0.717, 1.165) is 12.7 Å². The average Bonchev–Trinajstić information content (AvgIpc) is 2.78. The summed E-state index contributed by atoms with van der Waals surface area (Å²) in [7, 11) is 2.64. The van der Waals surface area contributed by atoms with Crippen LogP contribution in [0.3, 0.4) is 0 Å². The van der Waals surface area contributed by atoms with Gasteiger partial charge in [0.05, 0.1) is 14.2 Å². The van der Waals surface area contributed by atoms with Gasteiger partial charge in [-0.05, 0) is 87.1 Å². The number of benzene rings is 3. The van der Waals surface area contributed by atoms with Gasteiger partial charge in [0.1, 0.15) is 29.2 Å². The lowest BCUT2D eigenvalue weighted by Gasteiger charge is -2.10. The SMILES string of the molecule is COC(=O)c1ccc(I)cc1O.COC(=O)c1ccc(I)cc1OCc1ccccc1. The smallest absolute Gasteiger partial charge is 0.341 e. The molecule has 162 valence electrons. The number of hydrogen-bond donors (Lipinski definition) is 1. The van der Waals surface area contributed by atoms with E-state index in [9.17, 15) is 14.7 Å². The summed E-state index contributed by atoms with van der Waals surface area (Å²) in [5, 5.41) is 9.29. The molecule has 0 unspecified atom stereocenters. The molecule has 0 spiro atoms. The van der Waals surface area contributed by atoms with E-state index in [2.05, 4.69) is 27.3 Å². The number of methoxy groups -OCH3 is 2. The zero-order valence-electron chi connectivity index (χ0n) is 16.8. The number of esters is 2. The Balaban J connectivity index is 0.000000245. The zero-order valence-corrected chi connectivity index (χ0v) is 21.1. The van der Waals surface area contributed by atoms with Crippen LogP contribution in [0.1, 0.15) is 26.3 Å². The molecule has 3 aromatic rings. The van der Waals surface area contributed by atoms with E-state index in [4.69, 9.17) is 9.47 Å². The van der Waals surface area contributed by atoms with Gasteiger partial charge in [-0.25, -0.2) is 9.59 Å². The lowest BCUT2D eigenvalue weighted by molar-refractivity contribution is 0.0587. The Labute approximate surface area is 207 Å². The van der Waals surface area contributed by atoms with Gasteiger partial charge in [0, 0.05) is 7.14 Å². The minimum atomic E-state index is -0.524. The molecule has 0 bridgehead atoms. The highest BCUT2D eigenvalue weighted by Crippen LogP contribution is 2.23. The monoisotopic (exact) mass is 646 g/mol. The summed E-state index contributed by atoms with van der Waals surface area (Å²) in [6.45, 7) is 0.422. The van der Waals surface area contributed by atoms with Gasteiger partial charge in [-0.3, -0.25) is 0 Å². The van der Waals surface area contributed by atoms with Gasteiger partial charge in [-0.1, -0.05) is 30.3 Å². The number of carbonyl (C=O) groups is 2. The van der Waals surface area contributed by atoms with Gasteiger partial charge in [-0.15, -0.1) is 0 Å². The molecule has 3 rings (SSSR count). The molecule has 31 heavy (non-hydrogen) atoms. The molecule has 0 amide bonds. The largest absolute Gasteiger partial charge is 0.507 e. The highest BCUT2D eigenvalue weighted by molar-refractivity contribution is 14.1. The standard InChI is InChI=1S/C15H13IO3.C8H7IO3/c1-18-15(17)13-8-7-12(16)9-14(13)19-10-11-5-3-2-4-6-11;1-12-8(11)6-3-2-5(9)4-7(6)10/h2-9H,10H2,1H3;2-4,10H,1H3. The molecular formula is C23H20I2O6. The van der Waals surface area contributed by atoms with Crippen LogP contribution in [0, 0.1) is 7.14 Å². The predicted octanol–water partition coefficient (Wildman–Crippen LogP) is 5.44. The van der Waals surface area contributed by atoms with Crippen molar-refractivity contribution in [1.82, 2.24) is 0 Å². The first-order chi connectivity index (χ1) is 14.8. The minimum Gasteiger partial charge on any atom is -0.507 e. The maximum Gasteiger partial charge on any atom is 0.341 e. The summed E-state index contributed by atoms with van der Waals surface area (Å²) < 4.78 is 16.8. The summed E-state index contributed by atoms with van der Waals surface area (Å²) in [4.78, 5) is 22.6. The van der Waals surface area contributed by atoms with Gasteiger partial charge in [0.2, 0.25) is 0 Å². The van der Waals surface area contributed by atoms with Gasteiger partial charge >= 0.3 is 11.9 Å². The summed E-state index contributed by atoms with van der Waals surface area (Å²) >= 11 is 4.23. The van der Waals surface area contributed by atoms with Crippen molar-refractivity contribution in [2.45, 2.75) is 6.61 Å². The molecule has 6 nitrogen and oxygen atoms in total. The minimum absolute atomic E-state index is 0.0475. The fourth-order valence-electron chi connectivity index (χ4n) is 2.42. The zero-order chi connectivity index (χ0) is 22.8. The number of hydrogen-bond acceptors (Lipinski definition) is 6. The normalized spacial score (nSPS) is 9.81. The average molecular weight is 646 g/mol. The maximum absolute atomic E-state index is 11.7. The van der Waals surface area contributed by atoms with E-state index in [1.807, 2.05) is 65.1 Å². The Bertz CT molecular complexity index is 1040. The topological polar surface area (TPSA) is 82.1 Å². The van der Waals surface area contributed by atoms with Crippen LogP contribution in [-0.4, -0.2) is 31.3 Å². The van der Waals surface area contributed by atoms with Crippen LogP contribution in [0.4, 0.5) is 0 Å². The van der Waals surface area contributed by atoms with E-state index in [0.29, 0.717) is 17.9 Å². The molecule has 0 saturated carbocycles. The third-order valence-electron chi connectivity index (χ3n) is 3.95. The Morgan fingerprint density at radius 3 is 1.94 bits per heavy atom. The number of halogens is 2. The molecule has 0 aliphatic carbocycles. The first-order valence-corrected chi connectivity index (χ1v) is 11.1. The highest BCUT2D eigenvalue weighted by atomic mass is 127. The molecule has 0 saturated heterocycles. The Hall–Kier alpha value is -2.34. The molecule has 0 radical (unpaired) electrons. The second-order valence-corrected chi connectivity index (χ2v) is 8.55. The third-order valence-corrected chi connectivity index (χ3v) is 5.29. The first kappa shape index (κ1) is 24.9. The number of phenols is 1. The van der Waals surface area contributed by atoms with E-state index in [1.54, 1.807) is 12.1 Å². The number of aromatic hydroxyl groups is 1.